The zero-order valence-corrected chi connectivity index (χ0v) is 18.4. The van der Waals surface area contributed by atoms with E-state index >= 15 is 0 Å². The van der Waals surface area contributed by atoms with Gasteiger partial charge in [0.05, 0.1) is 17.5 Å². The number of anilines is 4. The SMILES string of the molecule is NS(=O)(=O)Cc1ccccc1Nc1nc(Nc2ccc3c(C4CC4)[nH]nc3c2)ncc1Cl. The van der Waals surface area contributed by atoms with E-state index in [9.17, 15) is 8.42 Å². The van der Waals surface area contributed by atoms with Crippen molar-refractivity contribution in [1.82, 2.24) is 20.2 Å². The molecule has 0 aliphatic heterocycles. The summed E-state index contributed by atoms with van der Waals surface area (Å²) < 4.78 is 23.1. The summed E-state index contributed by atoms with van der Waals surface area (Å²) in [5, 5.41) is 20.4. The highest BCUT2D eigenvalue weighted by Crippen LogP contribution is 2.42. The number of nitrogens with two attached hydrogens (primary N) is 1. The molecule has 4 aromatic rings. The first-order valence-electron chi connectivity index (χ1n) is 9.99. The van der Waals surface area contributed by atoms with Gasteiger partial charge in [0, 0.05) is 28.4 Å². The first kappa shape index (κ1) is 20.7. The minimum absolute atomic E-state index is 0.290. The van der Waals surface area contributed by atoms with Gasteiger partial charge < -0.3 is 10.6 Å². The molecule has 0 atom stereocenters. The van der Waals surface area contributed by atoms with Crippen LogP contribution in [-0.2, 0) is 15.8 Å². The number of rotatable bonds is 7. The lowest BCUT2D eigenvalue weighted by Gasteiger charge is -2.13. The van der Waals surface area contributed by atoms with E-state index in [0.29, 0.717) is 28.9 Å². The fourth-order valence-corrected chi connectivity index (χ4v) is 4.37. The Morgan fingerprint density at radius 1 is 1.16 bits per heavy atom. The lowest BCUT2D eigenvalue weighted by atomic mass is 10.1. The van der Waals surface area contributed by atoms with Gasteiger partial charge in [-0.3, -0.25) is 5.10 Å². The highest BCUT2D eigenvalue weighted by Gasteiger charge is 2.27. The number of nitrogens with zero attached hydrogens (tertiary/aromatic N) is 3. The van der Waals surface area contributed by atoms with E-state index in [0.717, 1.165) is 16.6 Å². The normalized spacial score (nSPS) is 13.9. The van der Waals surface area contributed by atoms with Gasteiger partial charge in [-0.2, -0.15) is 10.1 Å². The van der Waals surface area contributed by atoms with Crippen molar-refractivity contribution >= 4 is 55.7 Å². The molecular weight excluding hydrogens is 450 g/mol. The quantitative estimate of drug-likeness (QED) is 0.318. The number of aromatic amines is 1. The first-order valence-corrected chi connectivity index (χ1v) is 12.1. The van der Waals surface area contributed by atoms with Gasteiger partial charge in [-0.15, -0.1) is 0 Å². The van der Waals surface area contributed by atoms with Crippen LogP contribution in [-0.4, -0.2) is 28.6 Å². The van der Waals surface area contributed by atoms with Crippen LogP contribution in [0.15, 0.2) is 48.7 Å². The lowest BCUT2D eigenvalue weighted by molar-refractivity contribution is 0.597. The number of hydrogen-bond donors (Lipinski definition) is 4. The summed E-state index contributed by atoms with van der Waals surface area (Å²) >= 11 is 6.28. The van der Waals surface area contributed by atoms with Gasteiger partial charge in [0.1, 0.15) is 5.02 Å². The smallest absolute Gasteiger partial charge is 0.229 e. The average molecular weight is 470 g/mol. The molecule has 2 aromatic carbocycles. The molecule has 2 aromatic heterocycles. The first-order chi connectivity index (χ1) is 15.4. The second-order valence-electron chi connectivity index (χ2n) is 7.75. The highest BCUT2D eigenvalue weighted by molar-refractivity contribution is 7.88. The third-order valence-corrected chi connectivity index (χ3v) is 6.19. The van der Waals surface area contributed by atoms with E-state index < -0.39 is 10.0 Å². The number of nitrogens with one attached hydrogen (secondary N) is 3. The molecular formula is C21H20ClN7O2S. The topological polar surface area (TPSA) is 139 Å². The average Bonchev–Trinajstić information content (AvgIpc) is 3.50. The number of para-hydroxylation sites is 1. The van der Waals surface area contributed by atoms with Gasteiger partial charge >= 0.3 is 0 Å². The van der Waals surface area contributed by atoms with Crippen molar-refractivity contribution in [3.8, 4) is 0 Å². The van der Waals surface area contributed by atoms with Gasteiger partial charge in [0.2, 0.25) is 16.0 Å². The van der Waals surface area contributed by atoms with Crippen LogP contribution in [0.5, 0.6) is 0 Å². The predicted molar refractivity (Wildman–Crippen MR) is 125 cm³/mol. The minimum atomic E-state index is -3.70. The molecule has 0 unspecified atom stereocenters. The summed E-state index contributed by atoms with van der Waals surface area (Å²) in [5.41, 5.74) is 3.91. The molecule has 5 N–H and O–H groups in total. The molecule has 0 saturated heterocycles. The van der Waals surface area contributed by atoms with Crippen molar-refractivity contribution in [3.63, 3.8) is 0 Å². The van der Waals surface area contributed by atoms with Crippen LogP contribution in [0.4, 0.5) is 23.1 Å². The molecule has 0 spiro atoms. The van der Waals surface area contributed by atoms with Crippen LogP contribution in [0.1, 0.15) is 30.0 Å². The Labute approximate surface area is 189 Å². The van der Waals surface area contributed by atoms with Crippen molar-refractivity contribution in [2.24, 2.45) is 5.14 Å². The molecule has 0 bridgehead atoms. The number of benzene rings is 2. The zero-order chi connectivity index (χ0) is 22.3. The Kier molecular flexibility index (Phi) is 5.20. The van der Waals surface area contributed by atoms with Crippen LogP contribution in [0, 0.1) is 0 Å². The van der Waals surface area contributed by atoms with E-state index in [1.54, 1.807) is 24.3 Å². The summed E-state index contributed by atoms with van der Waals surface area (Å²) in [6.07, 6.45) is 3.87. The number of aromatic nitrogens is 4. The zero-order valence-electron chi connectivity index (χ0n) is 16.8. The highest BCUT2D eigenvalue weighted by atomic mass is 35.5. The van der Waals surface area contributed by atoms with E-state index in [2.05, 4.69) is 30.8 Å². The van der Waals surface area contributed by atoms with Crippen LogP contribution in [0.25, 0.3) is 10.9 Å². The van der Waals surface area contributed by atoms with E-state index in [-0.39, 0.29) is 10.8 Å². The van der Waals surface area contributed by atoms with Gasteiger partial charge in [0.25, 0.3) is 0 Å². The minimum Gasteiger partial charge on any atom is -0.339 e. The van der Waals surface area contributed by atoms with Crippen molar-refractivity contribution in [2.75, 3.05) is 10.6 Å². The van der Waals surface area contributed by atoms with E-state index in [1.807, 2.05) is 18.2 Å². The standard InChI is InChI=1S/C21H20ClN7O2S/c22-16-10-24-21(25-14-7-8-15-18(9-14)28-29-19(15)12-5-6-12)27-20(16)26-17-4-2-1-3-13(17)11-32(23,30)31/h1-4,7-10,12H,5-6,11H2,(H,28,29)(H2,23,30,31)(H2,24,25,26,27). The maximum Gasteiger partial charge on any atom is 0.229 e. The molecule has 2 heterocycles. The molecule has 11 heteroatoms. The Morgan fingerprint density at radius 3 is 2.75 bits per heavy atom. The maximum absolute atomic E-state index is 11.5. The summed E-state index contributed by atoms with van der Waals surface area (Å²) in [6, 6.07) is 12.8. The summed E-state index contributed by atoms with van der Waals surface area (Å²) in [7, 11) is -3.70. The van der Waals surface area contributed by atoms with Crippen molar-refractivity contribution in [1.29, 1.82) is 0 Å². The molecule has 5 rings (SSSR count). The van der Waals surface area contributed by atoms with Gasteiger partial charge in [-0.25, -0.2) is 18.5 Å². The third kappa shape index (κ3) is 4.52. The summed E-state index contributed by atoms with van der Waals surface area (Å²) in [6.45, 7) is 0. The molecule has 0 radical (unpaired) electrons. The van der Waals surface area contributed by atoms with Gasteiger partial charge in [0.15, 0.2) is 5.82 Å². The number of sulfonamides is 1. The monoisotopic (exact) mass is 469 g/mol. The second kappa shape index (κ2) is 8.05. The molecule has 1 aliphatic carbocycles. The molecule has 9 nitrogen and oxygen atoms in total. The Bertz CT molecular complexity index is 1420. The number of halogens is 1. The fourth-order valence-electron chi connectivity index (χ4n) is 3.55. The van der Waals surface area contributed by atoms with Crippen LogP contribution in [0.2, 0.25) is 5.02 Å². The Hall–Kier alpha value is -3.21. The third-order valence-electron chi connectivity index (χ3n) is 5.20. The molecule has 1 saturated carbocycles. The number of hydrogen-bond acceptors (Lipinski definition) is 7. The van der Waals surface area contributed by atoms with Crippen molar-refractivity contribution in [2.45, 2.75) is 24.5 Å². The lowest BCUT2D eigenvalue weighted by Crippen LogP contribution is -2.15. The van der Waals surface area contributed by atoms with Crippen molar-refractivity contribution < 1.29 is 8.42 Å². The summed E-state index contributed by atoms with van der Waals surface area (Å²) in [5.74, 6) is 0.946. The molecule has 1 aliphatic rings. The largest absolute Gasteiger partial charge is 0.339 e. The van der Waals surface area contributed by atoms with Crippen LogP contribution in [0.3, 0.4) is 0 Å². The molecule has 32 heavy (non-hydrogen) atoms. The Morgan fingerprint density at radius 2 is 1.97 bits per heavy atom. The Balaban J connectivity index is 1.39. The van der Waals surface area contributed by atoms with Crippen molar-refractivity contribution in [3.05, 3.63) is 64.9 Å². The molecule has 1 fully saturated rings. The van der Waals surface area contributed by atoms with E-state index in [1.165, 1.54) is 24.7 Å². The maximum atomic E-state index is 11.5. The second-order valence-corrected chi connectivity index (χ2v) is 9.77. The van der Waals surface area contributed by atoms with E-state index in [4.69, 9.17) is 16.7 Å². The van der Waals surface area contributed by atoms with Crippen LogP contribution < -0.4 is 15.8 Å². The molecule has 0 amide bonds. The van der Waals surface area contributed by atoms with Gasteiger partial charge in [-0.1, -0.05) is 29.8 Å². The number of primary sulfonamides is 1. The number of H-pyrrole nitrogens is 1. The van der Waals surface area contributed by atoms with Gasteiger partial charge in [-0.05, 0) is 42.7 Å². The molecule has 164 valence electrons. The fraction of sp³-hybridized carbons (Fsp3) is 0.190. The van der Waals surface area contributed by atoms with Crippen LogP contribution >= 0.6 is 11.6 Å². The predicted octanol–water partition coefficient (Wildman–Crippen LogP) is 4.16. The number of fused-ring (bicyclic) bond motifs is 1. The summed E-state index contributed by atoms with van der Waals surface area (Å²) in [4.78, 5) is 8.69.